The zero-order valence-electron chi connectivity index (χ0n) is 10.1. The lowest BCUT2D eigenvalue weighted by Gasteiger charge is -2.07. The fraction of sp³-hybridized carbons (Fsp3) is 0.154. The number of carbonyl (C=O) groups is 1. The van der Waals surface area contributed by atoms with Crippen molar-refractivity contribution in [3.8, 4) is 17.1 Å². The Balaban J connectivity index is 2.48. The predicted octanol–water partition coefficient (Wildman–Crippen LogP) is 1.94. The van der Waals surface area contributed by atoms with E-state index < -0.39 is 5.97 Å². The first-order valence-corrected chi connectivity index (χ1v) is 5.31. The molecule has 0 fully saturated rings. The third kappa shape index (κ3) is 2.29. The van der Waals surface area contributed by atoms with Crippen LogP contribution in [0.4, 0.5) is 0 Å². The summed E-state index contributed by atoms with van der Waals surface area (Å²) in [5.41, 5.74) is 0.944. The van der Waals surface area contributed by atoms with Crippen LogP contribution in [-0.4, -0.2) is 30.2 Å². The number of benzene rings is 1. The summed E-state index contributed by atoms with van der Waals surface area (Å²) < 4.78 is 9.85. The molecule has 0 amide bonds. The van der Waals surface area contributed by atoms with Gasteiger partial charge in [-0.15, -0.1) is 0 Å². The average Bonchev–Trinajstić information content (AvgIpc) is 2.46. The van der Waals surface area contributed by atoms with Crippen molar-refractivity contribution >= 4 is 5.97 Å². The molecule has 92 valence electrons. The molecule has 0 aliphatic carbocycles. The van der Waals surface area contributed by atoms with E-state index in [0.29, 0.717) is 11.6 Å². The third-order valence-corrected chi connectivity index (χ3v) is 2.40. The average molecular weight is 244 g/mol. The molecule has 0 saturated carbocycles. The molecule has 5 heteroatoms. The second-order valence-electron chi connectivity index (χ2n) is 3.46. The Morgan fingerprint density at radius 3 is 2.67 bits per heavy atom. The van der Waals surface area contributed by atoms with E-state index in [9.17, 15) is 4.79 Å². The Kier molecular flexibility index (Phi) is 3.52. The predicted molar refractivity (Wildman–Crippen MR) is 65.4 cm³/mol. The highest BCUT2D eigenvalue weighted by molar-refractivity contribution is 5.87. The van der Waals surface area contributed by atoms with Crippen LogP contribution >= 0.6 is 0 Å². The second-order valence-corrected chi connectivity index (χ2v) is 3.46. The van der Waals surface area contributed by atoms with E-state index in [0.717, 1.165) is 5.56 Å². The molecule has 0 aliphatic rings. The molecule has 1 heterocycles. The quantitative estimate of drug-likeness (QED) is 0.772. The van der Waals surface area contributed by atoms with Gasteiger partial charge in [0.25, 0.3) is 0 Å². The van der Waals surface area contributed by atoms with Crippen LogP contribution < -0.4 is 4.74 Å². The molecule has 0 bridgehead atoms. The van der Waals surface area contributed by atoms with Crippen LogP contribution in [-0.2, 0) is 4.74 Å². The van der Waals surface area contributed by atoms with Gasteiger partial charge in [0.15, 0.2) is 11.5 Å². The molecule has 1 aromatic carbocycles. The molecule has 0 unspecified atom stereocenters. The molecule has 0 aliphatic heterocycles. The molecule has 2 rings (SSSR count). The molecule has 0 radical (unpaired) electrons. The smallest absolute Gasteiger partial charge is 0.356 e. The highest BCUT2D eigenvalue weighted by Gasteiger charge is 2.12. The van der Waals surface area contributed by atoms with Crippen molar-refractivity contribution in [2.75, 3.05) is 14.2 Å². The van der Waals surface area contributed by atoms with Crippen LogP contribution in [0.25, 0.3) is 11.4 Å². The van der Waals surface area contributed by atoms with Crippen LogP contribution in [0.3, 0.4) is 0 Å². The van der Waals surface area contributed by atoms with E-state index in [2.05, 4.69) is 14.7 Å². The molecule has 0 spiro atoms. The minimum absolute atomic E-state index is 0.216. The van der Waals surface area contributed by atoms with E-state index in [4.69, 9.17) is 4.74 Å². The zero-order chi connectivity index (χ0) is 13.0. The van der Waals surface area contributed by atoms with E-state index in [1.807, 2.05) is 24.3 Å². The van der Waals surface area contributed by atoms with Crippen LogP contribution in [0.1, 0.15) is 10.5 Å². The standard InChI is InChI=1S/C13H12N2O3/c1-17-11-6-4-3-5-9(11)12-14-8-7-10(15-12)13(16)18-2/h3-8H,1-2H3. The van der Waals surface area contributed by atoms with Gasteiger partial charge in [0.1, 0.15) is 5.75 Å². The Bertz CT molecular complexity index is 570. The SMILES string of the molecule is COC(=O)c1ccnc(-c2ccccc2OC)n1. The van der Waals surface area contributed by atoms with Gasteiger partial charge < -0.3 is 9.47 Å². The van der Waals surface area contributed by atoms with Crippen molar-refractivity contribution in [2.24, 2.45) is 0 Å². The lowest BCUT2D eigenvalue weighted by molar-refractivity contribution is 0.0594. The monoisotopic (exact) mass is 244 g/mol. The highest BCUT2D eigenvalue weighted by Crippen LogP contribution is 2.26. The topological polar surface area (TPSA) is 61.3 Å². The first kappa shape index (κ1) is 12.0. The number of hydrogen-bond acceptors (Lipinski definition) is 5. The van der Waals surface area contributed by atoms with E-state index in [-0.39, 0.29) is 5.69 Å². The van der Waals surface area contributed by atoms with Crippen molar-refractivity contribution < 1.29 is 14.3 Å². The van der Waals surface area contributed by atoms with Crippen molar-refractivity contribution in [1.29, 1.82) is 0 Å². The van der Waals surface area contributed by atoms with Gasteiger partial charge in [0, 0.05) is 6.20 Å². The van der Waals surface area contributed by atoms with Gasteiger partial charge in [-0.3, -0.25) is 0 Å². The maximum atomic E-state index is 11.4. The van der Waals surface area contributed by atoms with Crippen molar-refractivity contribution in [2.45, 2.75) is 0 Å². The Hall–Kier alpha value is -2.43. The van der Waals surface area contributed by atoms with Gasteiger partial charge in [-0.1, -0.05) is 12.1 Å². The first-order valence-electron chi connectivity index (χ1n) is 5.31. The summed E-state index contributed by atoms with van der Waals surface area (Å²) in [4.78, 5) is 19.7. The third-order valence-electron chi connectivity index (χ3n) is 2.40. The normalized spacial score (nSPS) is 9.89. The van der Waals surface area contributed by atoms with Gasteiger partial charge in [0.2, 0.25) is 0 Å². The molecule has 0 atom stereocenters. The van der Waals surface area contributed by atoms with Crippen molar-refractivity contribution in [3.63, 3.8) is 0 Å². The number of methoxy groups -OCH3 is 2. The molecule has 0 N–H and O–H groups in total. The Morgan fingerprint density at radius 1 is 1.17 bits per heavy atom. The van der Waals surface area contributed by atoms with Crippen molar-refractivity contribution in [1.82, 2.24) is 9.97 Å². The summed E-state index contributed by atoms with van der Waals surface area (Å²) in [6.07, 6.45) is 1.51. The molecular weight excluding hydrogens is 232 g/mol. The molecule has 0 saturated heterocycles. The highest BCUT2D eigenvalue weighted by atomic mass is 16.5. The maximum absolute atomic E-state index is 11.4. The fourth-order valence-corrected chi connectivity index (χ4v) is 1.54. The molecular formula is C13H12N2O3. The summed E-state index contributed by atoms with van der Waals surface area (Å²) in [7, 11) is 2.89. The van der Waals surface area contributed by atoms with Crippen LogP contribution in [0.2, 0.25) is 0 Å². The summed E-state index contributed by atoms with van der Waals surface area (Å²) >= 11 is 0. The summed E-state index contributed by atoms with van der Waals surface area (Å²) in [5, 5.41) is 0. The molecule has 2 aromatic rings. The van der Waals surface area contributed by atoms with Gasteiger partial charge in [0.05, 0.1) is 19.8 Å². The Morgan fingerprint density at radius 2 is 1.94 bits per heavy atom. The molecule has 5 nitrogen and oxygen atoms in total. The minimum Gasteiger partial charge on any atom is -0.496 e. The summed E-state index contributed by atoms with van der Waals surface area (Å²) in [6.45, 7) is 0. The maximum Gasteiger partial charge on any atom is 0.356 e. The molecule has 1 aromatic heterocycles. The number of esters is 1. The fourth-order valence-electron chi connectivity index (χ4n) is 1.54. The summed E-state index contributed by atoms with van der Waals surface area (Å²) in [6, 6.07) is 8.85. The van der Waals surface area contributed by atoms with Crippen LogP contribution in [0, 0.1) is 0 Å². The molecule has 18 heavy (non-hydrogen) atoms. The van der Waals surface area contributed by atoms with Gasteiger partial charge in [-0.2, -0.15) is 0 Å². The van der Waals surface area contributed by atoms with Crippen molar-refractivity contribution in [3.05, 3.63) is 42.2 Å². The van der Waals surface area contributed by atoms with Crippen LogP contribution in [0.15, 0.2) is 36.5 Å². The Labute approximate surface area is 104 Å². The second kappa shape index (κ2) is 5.27. The zero-order valence-corrected chi connectivity index (χ0v) is 10.1. The van der Waals surface area contributed by atoms with Gasteiger partial charge in [-0.25, -0.2) is 14.8 Å². The van der Waals surface area contributed by atoms with E-state index in [1.54, 1.807) is 7.11 Å². The summed E-state index contributed by atoms with van der Waals surface area (Å²) in [5.74, 6) is 0.586. The van der Waals surface area contributed by atoms with E-state index >= 15 is 0 Å². The van der Waals surface area contributed by atoms with Gasteiger partial charge in [-0.05, 0) is 18.2 Å². The number of carbonyl (C=O) groups excluding carboxylic acids is 1. The number of para-hydroxylation sites is 1. The van der Waals surface area contributed by atoms with E-state index in [1.165, 1.54) is 19.4 Å². The largest absolute Gasteiger partial charge is 0.496 e. The number of ether oxygens (including phenoxy) is 2. The number of rotatable bonds is 3. The number of nitrogens with zero attached hydrogens (tertiary/aromatic N) is 2. The van der Waals surface area contributed by atoms with Gasteiger partial charge >= 0.3 is 5.97 Å². The minimum atomic E-state index is -0.492. The van der Waals surface area contributed by atoms with Crippen LogP contribution in [0.5, 0.6) is 5.75 Å². The number of hydrogen-bond donors (Lipinski definition) is 0. The lowest BCUT2D eigenvalue weighted by Crippen LogP contribution is -2.05. The first-order chi connectivity index (χ1) is 8.76. The number of aromatic nitrogens is 2. The lowest BCUT2D eigenvalue weighted by atomic mass is 10.2.